The summed E-state index contributed by atoms with van der Waals surface area (Å²) in [5.41, 5.74) is 2.59. The molecular weight excluding hydrogens is 252 g/mol. The van der Waals surface area contributed by atoms with E-state index in [1.54, 1.807) is 0 Å². The van der Waals surface area contributed by atoms with Crippen molar-refractivity contribution in [3.63, 3.8) is 0 Å². The predicted octanol–water partition coefficient (Wildman–Crippen LogP) is -1.02. The number of carbonyl (C=O) groups is 2. The summed E-state index contributed by atoms with van der Waals surface area (Å²) >= 11 is 0. The smallest absolute Gasteiger partial charge is 0.587 e. The zero-order valence-electron chi connectivity index (χ0n) is 8.42. The van der Waals surface area contributed by atoms with Gasteiger partial charge in [0.05, 0.1) is 11.8 Å². The Balaban J connectivity index is 0.000000980. The summed E-state index contributed by atoms with van der Waals surface area (Å²) < 4.78 is 0. The van der Waals surface area contributed by atoms with Gasteiger partial charge in [-0.2, -0.15) is 0 Å². The van der Waals surface area contributed by atoms with Crippen molar-refractivity contribution in [1.82, 2.24) is 0 Å². The molecule has 3 nitrogen and oxygen atoms in total. The molecule has 1 heterocycles. The average molecular weight is 260 g/mol. The molecule has 0 radical (unpaired) electrons. The van der Waals surface area contributed by atoms with Gasteiger partial charge < -0.3 is 14.9 Å². The third-order valence-corrected chi connectivity index (χ3v) is 2.25. The number of fused-ring (bicyclic) bond motifs is 1. The molecule has 0 fully saturated rings. The summed E-state index contributed by atoms with van der Waals surface area (Å²) in [6, 6.07) is 3.67. The van der Waals surface area contributed by atoms with E-state index in [1.807, 2.05) is 26.0 Å². The molecule has 0 N–H and O–H groups in total. The molecule has 1 aliphatic rings. The quantitative estimate of drug-likeness (QED) is 0.560. The van der Waals surface area contributed by atoms with Gasteiger partial charge in [0.1, 0.15) is 0 Å². The molecule has 0 saturated carbocycles. The van der Waals surface area contributed by atoms with Gasteiger partial charge in [-0.15, -0.1) is 0 Å². The zero-order chi connectivity index (χ0) is 9.59. The van der Waals surface area contributed by atoms with Crippen molar-refractivity contribution < 1.29 is 67.8 Å². The van der Waals surface area contributed by atoms with Gasteiger partial charge in [0.15, 0.2) is 0 Å². The van der Waals surface area contributed by atoms with Crippen LogP contribution in [0.25, 0.3) is 5.32 Å². The molecule has 0 aromatic heterocycles. The number of rotatable bonds is 0. The second kappa shape index (κ2) is 4.35. The Labute approximate surface area is 131 Å². The van der Waals surface area contributed by atoms with E-state index in [0.717, 1.165) is 11.1 Å². The van der Waals surface area contributed by atoms with Crippen LogP contribution >= 0.6 is 0 Å². The van der Waals surface area contributed by atoms with Gasteiger partial charge in [-0.3, -0.25) is 0 Å². The minimum absolute atomic E-state index is 0. The maximum absolute atomic E-state index is 11.3. The Morgan fingerprint density at radius 3 is 1.64 bits per heavy atom. The molecule has 14 heavy (non-hydrogen) atoms. The predicted molar refractivity (Wildman–Crippen MR) is 47.9 cm³/mol. The van der Waals surface area contributed by atoms with Gasteiger partial charge in [-0.05, 0) is 25.0 Å². The van der Waals surface area contributed by atoms with Crippen LogP contribution in [0.4, 0.5) is 0 Å². The van der Waals surface area contributed by atoms with Gasteiger partial charge in [-0.25, -0.2) is 0 Å². The molecule has 66 valence electrons. The first-order chi connectivity index (χ1) is 6.11. The van der Waals surface area contributed by atoms with Crippen molar-refractivity contribution in [2.75, 3.05) is 0 Å². The fourth-order valence-corrected chi connectivity index (χ4v) is 1.57. The molecular formula is C10H8NO2Rb. The van der Waals surface area contributed by atoms with E-state index < -0.39 is 11.8 Å². The second-order valence-corrected chi connectivity index (χ2v) is 3.17. The van der Waals surface area contributed by atoms with Crippen molar-refractivity contribution in [1.29, 1.82) is 0 Å². The number of hydrogen-bond acceptors (Lipinski definition) is 2. The molecule has 2 rings (SSSR count). The van der Waals surface area contributed by atoms with Crippen molar-refractivity contribution in [2.45, 2.75) is 13.8 Å². The molecule has 1 aliphatic heterocycles. The normalized spacial score (nSPS) is 13.3. The largest absolute Gasteiger partial charge is 1.00 e. The average Bonchev–Trinajstić information content (AvgIpc) is 2.36. The Bertz CT molecular complexity index is 387. The first kappa shape index (κ1) is 12.2. The van der Waals surface area contributed by atoms with E-state index in [0.29, 0.717) is 11.1 Å². The van der Waals surface area contributed by atoms with Crippen LogP contribution in [-0.2, 0) is 0 Å². The minimum atomic E-state index is -0.402. The Hall–Kier alpha value is 0.165. The SMILES string of the molecule is Cc1ccc(C)c2c1C(=O)[N-]C2=O.[Rb+]. The number of carbonyl (C=O) groups excluding carboxylic acids is 2. The van der Waals surface area contributed by atoms with E-state index in [-0.39, 0.29) is 58.2 Å². The fraction of sp³-hybridized carbons (Fsp3) is 0.200. The van der Waals surface area contributed by atoms with E-state index in [2.05, 4.69) is 5.32 Å². The number of amides is 2. The van der Waals surface area contributed by atoms with Gasteiger partial charge >= 0.3 is 58.2 Å². The van der Waals surface area contributed by atoms with Crippen LogP contribution < -0.4 is 58.2 Å². The molecule has 1 aromatic carbocycles. The molecule has 1 aromatic rings. The summed E-state index contributed by atoms with van der Waals surface area (Å²) in [4.78, 5) is 22.5. The van der Waals surface area contributed by atoms with Crippen LogP contribution in [0.1, 0.15) is 31.8 Å². The van der Waals surface area contributed by atoms with E-state index >= 15 is 0 Å². The maximum atomic E-state index is 11.3. The number of aryl methyl sites for hydroxylation is 2. The summed E-state index contributed by atoms with van der Waals surface area (Å²) in [6.45, 7) is 3.62. The van der Waals surface area contributed by atoms with E-state index in [1.165, 1.54) is 0 Å². The molecule has 0 spiro atoms. The maximum Gasteiger partial charge on any atom is 1.00 e. The zero-order valence-corrected chi connectivity index (χ0v) is 13.3. The Kier molecular flexibility index (Phi) is 3.80. The van der Waals surface area contributed by atoms with Gasteiger partial charge in [0.25, 0.3) is 0 Å². The van der Waals surface area contributed by atoms with Gasteiger partial charge in [0, 0.05) is 11.1 Å². The number of nitrogens with zero attached hydrogens (tertiary/aromatic N) is 1. The van der Waals surface area contributed by atoms with Crippen LogP contribution in [0.5, 0.6) is 0 Å². The monoisotopic (exact) mass is 259 g/mol. The molecule has 0 unspecified atom stereocenters. The van der Waals surface area contributed by atoms with Crippen LogP contribution in [0.15, 0.2) is 12.1 Å². The van der Waals surface area contributed by atoms with Crippen LogP contribution in [0, 0.1) is 13.8 Å². The minimum Gasteiger partial charge on any atom is -0.587 e. The standard InChI is InChI=1S/C10H9NO2.Rb/c1-5-3-4-6(2)8-7(5)9(12)11-10(8)13;/h3-4H,1-2H3,(H,11,12,13);/q;+1/p-1. The van der Waals surface area contributed by atoms with Crippen molar-refractivity contribution in [3.8, 4) is 0 Å². The van der Waals surface area contributed by atoms with E-state index in [4.69, 9.17) is 0 Å². The van der Waals surface area contributed by atoms with Crippen molar-refractivity contribution >= 4 is 11.8 Å². The summed E-state index contributed by atoms with van der Waals surface area (Å²) in [7, 11) is 0. The molecule has 0 saturated heterocycles. The number of hydrogen-bond donors (Lipinski definition) is 0. The first-order valence-electron chi connectivity index (χ1n) is 4.02. The summed E-state index contributed by atoms with van der Waals surface area (Å²) in [5, 5.41) is 3.40. The van der Waals surface area contributed by atoms with Gasteiger partial charge in [-0.1, -0.05) is 12.1 Å². The van der Waals surface area contributed by atoms with Gasteiger partial charge in [0.2, 0.25) is 0 Å². The van der Waals surface area contributed by atoms with Crippen molar-refractivity contribution in [3.05, 3.63) is 39.7 Å². The van der Waals surface area contributed by atoms with Crippen LogP contribution in [0.3, 0.4) is 0 Å². The molecule has 0 bridgehead atoms. The third kappa shape index (κ3) is 1.78. The van der Waals surface area contributed by atoms with E-state index in [9.17, 15) is 9.59 Å². The summed E-state index contributed by atoms with van der Waals surface area (Å²) in [5.74, 6) is -0.803. The van der Waals surface area contributed by atoms with Crippen LogP contribution in [0.2, 0.25) is 0 Å². The van der Waals surface area contributed by atoms with Crippen molar-refractivity contribution in [2.24, 2.45) is 0 Å². The molecule has 0 atom stereocenters. The topological polar surface area (TPSA) is 48.2 Å². The fourth-order valence-electron chi connectivity index (χ4n) is 1.57. The Morgan fingerprint density at radius 2 is 1.29 bits per heavy atom. The summed E-state index contributed by atoms with van der Waals surface area (Å²) in [6.07, 6.45) is 0. The van der Waals surface area contributed by atoms with Crippen LogP contribution in [-0.4, -0.2) is 11.8 Å². The second-order valence-electron chi connectivity index (χ2n) is 3.17. The molecule has 4 heteroatoms. The number of benzene rings is 1. The number of imide groups is 1. The molecule has 2 amide bonds. The third-order valence-electron chi connectivity index (χ3n) is 2.25. The first-order valence-corrected chi connectivity index (χ1v) is 4.02. The Morgan fingerprint density at radius 1 is 0.929 bits per heavy atom. The molecule has 0 aliphatic carbocycles.